The molecule has 15 heavy (non-hydrogen) atoms. The highest BCUT2D eigenvalue weighted by atomic mass is 35.5. The van der Waals surface area contributed by atoms with E-state index in [1.54, 1.807) is 0 Å². The van der Waals surface area contributed by atoms with Gasteiger partial charge in [-0.05, 0) is 29.9 Å². The molecule has 1 fully saturated rings. The first kappa shape index (κ1) is 11.0. The molecular formula is C10H12ClFN2S. The van der Waals surface area contributed by atoms with Crippen LogP contribution in [0.25, 0.3) is 0 Å². The van der Waals surface area contributed by atoms with Crippen LogP contribution in [-0.2, 0) is 0 Å². The van der Waals surface area contributed by atoms with Crippen LogP contribution in [0.5, 0.6) is 0 Å². The van der Waals surface area contributed by atoms with Gasteiger partial charge >= 0.3 is 0 Å². The Hall–Kier alpha value is -0.480. The standard InChI is InChI=1S/C10H12ClFN2S/c11-8-3-9(12)10(14-5-8)13-4-7-1-2-15-6-7/h3,5,7H,1-2,4,6H2,(H,13,14). The molecule has 0 spiro atoms. The Morgan fingerprint density at radius 1 is 1.67 bits per heavy atom. The Morgan fingerprint density at radius 2 is 2.53 bits per heavy atom. The van der Waals surface area contributed by atoms with Gasteiger partial charge in [0, 0.05) is 12.7 Å². The summed E-state index contributed by atoms with van der Waals surface area (Å²) in [5, 5.41) is 3.35. The van der Waals surface area contributed by atoms with Gasteiger partial charge in [0.15, 0.2) is 11.6 Å². The number of pyridine rings is 1. The number of anilines is 1. The van der Waals surface area contributed by atoms with Gasteiger partial charge in [0.1, 0.15) is 0 Å². The Morgan fingerprint density at radius 3 is 3.20 bits per heavy atom. The largest absolute Gasteiger partial charge is 0.367 e. The van der Waals surface area contributed by atoms with Crippen LogP contribution < -0.4 is 5.32 Å². The first-order valence-electron chi connectivity index (χ1n) is 4.88. The molecule has 1 aliphatic rings. The monoisotopic (exact) mass is 246 g/mol. The van der Waals surface area contributed by atoms with Crippen molar-refractivity contribution in [2.24, 2.45) is 5.92 Å². The molecule has 82 valence electrons. The van der Waals surface area contributed by atoms with Crippen LogP contribution in [0.3, 0.4) is 0 Å². The summed E-state index contributed by atoms with van der Waals surface area (Å²) in [6, 6.07) is 1.28. The molecule has 2 heterocycles. The summed E-state index contributed by atoms with van der Waals surface area (Å²) in [6.45, 7) is 0.790. The number of aromatic nitrogens is 1. The third-order valence-corrected chi connectivity index (χ3v) is 3.83. The molecule has 0 aliphatic carbocycles. The molecule has 1 aromatic rings. The number of halogens is 2. The second-order valence-corrected chi connectivity index (χ2v) is 5.18. The van der Waals surface area contributed by atoms with Crippen molar-refractivity contribution in [3.63, 3.8) is 0 Å². The van der Waals surface area contributed by atoms with Crippen LogP contribution in [0.4, 0.5) is 10.2 Å². The fourth-order valence-electron chi connectivity index (χ4n) is 1.53. The van der Waals surface area contributed by atoms with Crippen molar-refractivity contribution in [3.05, 3.63) is 23.1 Å². The molecule has 0 aromatic carbocycles. The van der Waals surface area contributed by atoms with Gasteiger partial charge in [-0.25, -0.2) is 9.37 Å². The van der Waals surface area contributed by atoms with Crippen molar-refractivity contribution >= 4 is 29.2 Å². The predicted octanol–water partition coefficient (Wildman–Crippen LogP) is 3.04. The summed E-state index contributed by atoms with van der Waals surface area (Å²) in [4.78, 5) is 3.91. The van der Waals surface area contributed by atoms with Gasteiger partial charge in [-0.3, -0.25) is 0 Å². The molecule has 5 heteroatoms. The second-order valence-electron chi connectivity index (χ2n) is 3.59. The maximum absolute atomic E-state index is 13.3. The smallest absolute Gasteiger partial charge is 0.166 e. The molecule has 1 unspecified atom stereocenters. The minimum absolute atomic E-state index is 0.302. The lowest BCUT2D eigenvalue weighted by Gasteiger charge is -2.10. The summed E-state index contributed by atoms with van der Waals surface area (Å²) in [6.07, 6.45) is 2.66. The molecule has 0 bridgehead atoms. The first-order chi connectivity index (χ1) is 7.25. The number of nitrogens with one attached hydrogen (secondary N) is 1. The Labute approximate surface area is 97.6 Å². The third-order valence-electron chi connectivity index (χ3n) is 2.39. The lowest BCUT2D eigenvalue weighted by molar-refractivity contribution is 0.605. The average Bonchev–Trinajstić information content (AvgIpc) is 2.69. The van der Waals surface area contributed by atoms with Crippen LogP contribution >= 0.6 is 23.4 Å². The first-order valence-corrected chi connectivity index (χ1v) is 6.41. The van der Waals surface area contributed by atoms with E-state index in [2.05, 4.69) is 10.3 Å². The Bertz CT molecular complexity index is 342. The van der Waals surface area contributed by atoms with Crippen LogP contribution in [0, 0.1) is 11.7 Å². The highest BCUT2D eigenvalue weighted by Gasteiger charge is 2.15. The maximum atomic E-state index is 13.3. The maximum Gasteiger partial charge on any atom is 0.166 e. The van der Waals surface area contributed by atoms with Gasteiger partial charge in [-0.1, -0.05) is 11.6 Å². The highest BCUT2D eigenvalue weighted by molar-refractivity contribution is 7.99. The molecule has 0 saturated carbocycles. The van der Waals surface area contributed by atoms with E-state index in [9.17, 15) is 4.39 Å². The molecule has 1 N–H and O–H groups in total. The Balaban J connectivity index is 1.92. The molecule has 2 nitrogen and oxygen atoms in total. The van der Waals surface area contributed by atoms with E-state index in [4.69, 9.17) is 11.6 Å². The summed E-state index contributed by atoms with van der Waals surface area (Å²) in [5.74, 6) is 2.92. The summed E-state index contributed by atoms with van der Waals surface area (Å²) in [5.41, 5.74) is 0. The number of hydrogen-bond donors (Lipinski definition) is 1. The second kappa shape index (κ2) is 5.03. The Kier molecular flexibility index (Phi) is 3.70. The van der Waals surface area contributed by atoms with Crippen LogP contribution in [0.2, 0.25) is 5.02 Å². The van der Waals surface area contributed by atoms with E-state index in [1.807, 2.05) is 11.8 Å². The average molecular weight is 247 g/mol. The van der Waals surface area contributed by atoms with E-state index < -0.39 is 0 Å². The van der Waals surface area contributed by atoms with Gasteiger partial charge in [-0.2, -0.15) is 11.8 Å². The fraction of sp³-hybridized carbons (Fsp3) is 0.500. The van der Waals surface area contributed by atoms with Crippen molar-refractivity contribution in [2.45, 2.75) is 6.42 Å². The lowest BCUT2D eigenvalue weighted by Crippen LogP contribution is -2.15. The summed E-state index contributed by atoms with van der Waals surface area (Å²) < 4.78 is 13.3. The van der Waals surface area contributed by atoms with Gasteiger partial charge in [0.05, 0.1) is 5.02 Å². The normalized spacial score (nSPS) is 20.5. The quantitative estimate of drug-likeness (QED) is 0.888. The molecule has 2 rings (SSSR count). The van der Waals surface area contributed by atoms with E-state index in [0.29, 0.717) is 16.8 Å². The minimum atomic E-state index is -0.381. The summed E-state index contributed by atoms with van der Waals surface area (Å²) >= 11 is 7.56. The molecule has 1 aliphatic heterocycles. The predicted molar refractivity (Wildman–Crippen MR) is 63.1 cm³/mol. The van der Waals surface area contributed by atoms with Crippen LogP contribution in [-0.4, -0.2) is 23.0 Å². The SMILES string of the molecule is Fc1cc(Cl)cnc1NCC1CCSC1. The van der Waals surface area contributed by atoms with E-state index in [0.717, 1.165) is 12.3 Å². The topological polar surface area (TPSA) is 24.9 Å². The molecule has 1 aromatic heterocycles. The molecule has 1 saturated heterocycles. The third kappa shape index (κ3) is 2.98. The van der Waals surface area contributed by atoms with Crippen molar-refractivity contribution in [1.82, 2.24) is 4.98 Å². The zero-order valence-corrected chi connectivity index (χ0v) is 9.74. The van der Waals surface area contributed by atoms with E-state index >= 15 is 0 Å². The van der Waals surface area contributed by atoms with E-state index in [-0.39, 0.29) is 5.82 Å². The lowest BCUT2D eigenvalue weighted by atomic mass is 10.1. The number of hydrogen-bond acceptors (Lipinski definition) is 3. The number of nitrogens with zero attached hydrogens (tertiary/aromatic N) is 1. The van der Waals surface area contributed by atoms with Gasteiger partial charge < -0.3 is 5.32 Å². The van der Waals surface area contributed by atoms with E-state index in [1.165, 1.54) is 24.4 Å². The van der Waals surface area contributed by atoms with Crippen molar-refractivity contribution in [1.29, 1.82) is 0 Å². The summed E-state index contributed by atoms with van der Waals surface area (Å²) in [7, 11) is 0. The molecular weight excluding hydrogens is 235 g/mol. The van der Waals surface area contributed by atoms with Gasteiger partial charge in [0.25, 0.3) is 0 Å². The highest BCUT2D eigenvalue weighted by Crippen LogP contribution is 2.24. The van der Waals surface area contributed by atoms with Crippen LogP contribution in [0.1, 0.15) is 6.42 Å². The minimum Gasteiger partial charge on any atom is -0.367 e. The molecule has 0 amide bonds. The van der Waals surface area contributed by atoms with Gasteiger partial charge in [-0.15, -0.1) is 0 Å². The van der Waals surface area contributed by atoms with Crippen LogP contribution in [0.15, 0.2) is 12.3 Å². The zero-order valence-electron chi connectivity index (χ0n) is 8.17. The van der Waals surface area contributed by atoms with Crippen molar-refractivity contribution in [3.8, 4) is 0 Å². The zero-order chi connectivity index (χ0) is 10.7. The molecule has 1 atom stereocenters. The van der Waals surface area contributed by atoms with Crippen molar-refractivity contribution in [2.75, 3.05) is 23.4 Å². The fourth-order valence-corrected chi connectivity index (χ4v) is 2.96. The number of thioether (sulfide) groups is 1. The molecule has 0 radical (unpaired) electrons. The van der Waals surface area contributed by atoms with Crippen molar-refractivity contribution < 1.29 is 4.39 Å². The van der Waals surface area contributed by atoms with Gasteiger partial charge in [0.2, 0.25) is 0 Å². The number of rotatable bonds is 3.